The molecule has 1 aromatic heterocycles. The van der Waals surface area contributed by atoms with E-state index in [1.807, 2.05) is 24.3 Å². The van der Waals surface area contributed by atoms with Crippen molar-refractivity contribution in [3.63, 3.8) is 0 Å². The number of carboxylic acids is 1. The number of nitrogens with zero attached hydrogens (tertiary/aromatic N) is 3. The number of halogens is 1. The monoisotopic (exact) mass is 435 g/mol. The second-order valence-corrected chi connectivity index (χ2v) is 7.18. The van der Waals surface area contributed by atoms with E-state index in [0.29, 0.717) is 25.9 Å². The minimum absolute atomic E-state index is 0.0584. The third-order valence-electron chi connectivity index (χ3n) is 4.52. The minimum Gasteiger partial charge on any atom is -0.478 e. The SMILES string of the molecule is O=C(O)c1cnc(OCC(=O)N2CCC(O)(c3ccc(Br)cc3)CC2)nc1. The predicted octanol–water partition coefficient (Wildman–Crippen LogP) is 1.83. The second-order valence-electron chi connectivity index (χ2n) is 6.27. The number of aromatic carboxylic acids is 1. The lowest BCUT2D eigenvalue weighted by Crippen LogP contribution is -2.46. The maximum Gasteiger partial charge on any atom is 0.338 e. The van der Waals surface area contributed by atoms with E-state index >= 15 is 0 Å². The lowest BCUT2D eigenvalue weighted by atomic mass is 9.84. The molecular weight excluding hydrogens is 418 g/mol. The quantitative estimate of drug-likeness (QED) is 0.735. The van der Waals surface area contributed by atoms with E-state index in [9.17, 15) is 14.7 Å². The summed E-state index contributed by atoms with van der Waals surface area (Å²) in [5, 5.41) is 19.7. The van der Waals surface area contributed by atoms with E-state index < -0.39 is 11.6 Å². The molecule has 0 atom stereocenters. The fourth-order valence-electron chi connectivity index (χ4n) is 2.89. The molecule has 1 aromatic carbocycles. The third kappa shape index (κ3) is 4.61. The van der Waals surface area contributed by atoms with Gasteiger partial charge in [0.1, 0.15) is 0 Å². The Hall–Kier alpha value is -2.52. The van der Waals surface area contributed by atoms with Crippen LogP contribution in [0.1, 0.15) is 28.8 Å². The van der Waals surface area contributed by atoms with Crippen molar-refractivity contribution >= 4 is 27.8 Å². The number of piperidine rings is 1. The first kappa shape index (κ1) is 19.2. The highest BCUT2D eigenvalue weighted by atomic mass is 79.9. The predicted molar refractivity (Wildman–Crippen MR) is 98.3 cm³/mol. The van der Waals surface area contributed by atoms with Gasteiger partial charge in [-0.2, -0.15) is 0 Å². The molecule has 9 heteroatoms. The molecule has 0 saturated carbocycles. The number of aliphatic hydroxyl groups is 1. The highest BCUT2D eigenvalue weighted by Gasteiger charge is 2.35. The van der Waals surface area contributed by atoms with Crippen LogP contribution in [0.25, 0.3) is 0 Å². The van der Waals surface area contributed by atoms with Gasteiger partial charge in [-0.1, -0.05) is 28.1 Å². The molecule has 2 heterocycles. The summed E-state index contributed by atoms with van der Waals surface area (Å²) in [6, 6.07) is 7.46. The maximum atomic E-state index is 12.3. The molecule has 1 amide bonds. The van der Waals surface area contributed by atoms with Crippen LogP contribution in [0.3, 0.4) is 0 Å². The summed E-state index contributed by atoms with van der Waals surface area (Å²) < 4.78 is 6.17. The third-order valence-corrected chi connectivity index (χ3v) is 5.05. The Labute approximate surface area is 163 Å². The fourth-order valence-corrected chi connectivity index (χ4v) is 3.16. The van der Waals surface area contributed by atoms with Gasteiger partial charge in [0.25, 0.3) is 5.91 Å². The Kier molecular flexibility index (Phi) is 5.71. The van der Waals surface area contributed by atoms with Crippen LogP contribution in [-0.2, 0) is 10.4 Å². The summed E-state index contributed by atoms with van der Waals surface area (Å²) in [6.45, 7) is 0.574. The molecule has 8 nitrogen and oxygen atoms in total. The molecule has 0 radical (unpaired) electrons. The van der Waals surface area contributed by atoms with Gasteiger partial charge in [-0.3, -0.25) is 4.79 Å². The van der Waals surface area contributed by atoms with Gasteiger partial charge in [0.15, 0.2) is 6.61 Å². The van der Waals surface area contributed by atoms with Gasteiger partial charge < -0.3 is 19.8 Å². The van der Waals surface area contributed by atoms with Crippen molar-refractivity contribution < 1.29 is 24.5 Å². The summed E-state index contributed by atoms with van der Waals surface area (Å²) in [7, 11) is 0. The summed E-state index contributed by atoms with van der Waals surface area (Å²) in [4.78, 5) is 32.2. The Bertz CT molecular complexity index is 818. The normalized spacial score (nSPS) is 16.0. The summed E-state index contributed by atoms with van der Waals surface area (Å²) in [5.41, 5.74) is -0.174. The molecule has 1 fully saturated rings. The van der Waals surface area contributed by atoms with Crippen LogP contribution in [0.4, 0.5) is 0 Å². The number of ether oxygens (including phenoxy) is 1. The van der Waals surface area contributed by atoms with Crippen molar-refractivity contribution in [3.8, 4) is 6.01 Å². The number of rotatable bonds is 5. The Morgan fingerprint density at radius 3 is 2.30 bits per heavy atom. The van der Waals surface area contributed by atoms with E-state index in [1.165, 1.54) is 0 Å². The zero-order chi connectivity index (χ0) is 19.4. The molecule has 142 valence electrons. The molecule has 0 spiro atoms. The smallest absolute Gasteiger partial charge is 0.338 e. The highest BCUT2D eigenvalue weighted by molar-refractivity contribution is 9.10. The first-order chi connectivity index (χ1) is 12.9. The van der Waals surface area contributed by atoms with Gasteiger partial charge in [-0.05, 0) is 30.5 Å². The molecule has 0 bridgehead atoms. The van der Waals surface area contributed by atoms with Crippen LogP contribution in [0, 0.1) is 0 Å². The molecule has 1 saturated heterocycles. The number of benzene rings is 1. The average Bonchev–Trinajstić information content (AvgIpc) is 2.67. The minimum atomic E-state index is -1.13. The van der Waals surface area contributed by atoms with Gasteiger partial charge >= 0.3 is 12.0 Å². The van der Waals surface area contributed by atoms with Crippen LogP contribution < -0.4 is 4.74 Å². The molecule has 2 N–H and O–H groups in total. The zero-order valence-electron chi connectivity index (χ0n) is 14.3. The second kappa shape index (κ2) is 8.01. The van der Waals surface area contributed by atoms with Crippen molar-refractivity contribution in [2.75, 3.05) is 19.7 Å². The maximum absolute atomic E-state index is 12.3. The van der Waals surface area contributed by atoms with E-state index in [1.54, 1.807) is 4.90 Å². The molecule has 27 heavy (non-hydrogen) atoms. The number of carbonyl (C=O) groups excluding carboxylic acids is 1. The van der Waals surface area contributed by atoms with E-state index in [2.05, 4.69) is 25.9 Å². The first-order valence-corrected chi connectivity index (χ1v) is 9.11. The van der Waals surface area contributed by atoms with Gasteiger partial charge in [-0.15, -0.1) is 0 Å². The Morgan fingerprint density at radius 1 is 1.15 bits per heavy atom. The number of likely N-dealkylation sites (tertiary alicyclic amines) is 1. The Morgan fingerprint density at radius 2 is 1.74 bits per heavy atom. The molecule has 0 unspecified atom stereocenters. The number of aromatic nitrogens is 2. The van der Waals surface area contributed by atoms with Crippen LogP contribution in [0.15, 0.2) is 41.1 Å². The van der Waals surface area contributed by atoms with Crippen LogP contribution >= 0.6 is 15.9 Å². The summed E-state index contributed by atoms with van der Waals surface area (Å²) in [6.07, 6.45) is 3.11. The lowest BCUT2D eigenvalue weighted by molar-refractivity contribution is -0.138. The van der Waals surface area contributed by atoms with Crippen LogP contribution in [0.2, 0.25) is 0 Å². The molecular formula is C18H18BrN3O5. The molecule has 0 aliphatic carbocycles. The highest BCUT2D eigenvalue weighted by Crippen LogP contribution is 2.33. The number of carboxylic acid groups (broad SMARTS) is 1. The van der Waals surface area contributed by atoms with E-state index in [4.69, 9.17) is 9.84 Å². The van der Waals surface area contributed by atoms with Crippen LogP contribution in [0.5, 0.6) is 6.01 Å². The van der Waals surface area contributed by atoms with Crippen molar-refractivity contribution in [2.24, 2.45) is 0 Å². The number of hydrogen-bond acceptors (Lipinski definition) is 6. The van der Waals surface area contributed by atoms with E-state index in [0.717, 1.165) is 22.4 Å². The number of carbonyl (C=O) groups is 2. The van der Waals surface area contributed by atoms with Crippen molar-refractivity contribution in [1.82, 2.24) is 14.9 Å². The zero-order valence-corrected chi connectivity index (χ0v) is 15.9. The first-order valence-electron chi connectivity index (χ1n) is 8.32. The summed E-state index contributed by atoms with van der Waals surface area (Å²) in [5.74, 6) is -1.37. The number of hydrogen-bond donors (Lipinski definition) is 2. The van der Waals surface area contributed by atoms with Gasteiger partial charge in [0.05, 0.1) is 11.2 Å². The standard InChI is InChI=1S/C18H18BrN3O5/c19-14-3-1-13(2-4-14)18(26)5-7-22(8-6-18)15(23)11-27-17-20-9-12(10-21-17)16(24)25/h1-4,9-10,26H,5-8,11H2,(H,24,25). The van der Waals surface area contributed by atoms with Crippen molar-refractivity contribution in [3.05, 3.63) is 52.3 Å². The lowest BCUT2D eigenvalue weighted by Gasteiger charge is -2.38. The topological polar surface area (TPSA) is 113 Å². The average molecular weight is 436 g/mol. The molecule has 1 aliphatic heterocycles. The fraction of sp³-hybridized carbons (Fsp3) is 0.333. The molecule has 3 rings (SSSR count). The van der Waals surface area contributed by atoms with Crippen LogP contribution in [-0.4, -0.2) is 56.7 Å². The summed E-state index contributed by atoms with van der Waals surface area (Å²) >= 11 is 3.38. The van der Waals surface area contributed by atoms with Gasteiger partial charge in [0, 0.05) is 30.0 Å². The van der Waals surface area contributed by atoms with Crippen molar-refractivity contribution in [2.45, 2.75) is 18.4 Å². The van der Waals surface area contributed by atoms with E-state index in [-0.39, 0.29) is 24.1 Å². The molecule has 2 aromatic rings. The Balaban J connectivity index is 1.52. The molecule has 1 aliphatic rings. The van der Waals surface area contributed by atoms with Gasteiger partial charge in [0.2, 0.25) is 0 Å². The number of amides is 1. The van der Waals surface area contributed by atoms with Crippen molar-refractivity contribution in [1.29, 1.82) is 0 Å². The van der Waals surface area contributed by atoms with Gasteiger partial charge in [-0.25, -0.2) is 14.8 Å². The largest absolute Gasteiger partial charge is 0.478 e.